The highest BCUT2D eigenvalue weighted by Crippen LogP contribution is 2.33. The van der Waals surface area contributed by atoms with Crippen LogP contribution in [0.3, 0.4) is 0 Å². The van der Waals surface area contributed by atoms with E-state index in [-0.39, 0.29) is 35.9 Å². The van der Waals surface area contributed by atoms with E-state index in [4.69, 9.17) is 4.74 Å². The molecule has 29 heavy (non-hydrogen) atoms. The van der Waals surface area contributed by atoms with Crippen molar-refractivity contribution in [3.63, 3.8) is 0 Å². The van der Waals surface area contributed by atoms with Crippen molar-refractivity contribution in [3.8, 4) is 0 Å². The Morgan fingerprint density at radius 3 is 2.69 bits per heavy atom. The molecule has 0 radical (unpaired) electrons. The maximum absolute atomic E-state index is 13.4. The number of rotatable bonds is 6. The Morgan fingerprint density at radius 2 is 1.97 bits per heavy atom. The van der Waals surface area contributed by atoms with Gasteiger partial charge in [0.1, 0.15) is 5.82 Å². The molecule has 0 bridgehead atoms. The maximum atomic E-state index is 13.4. The minimum atomic E-state index is -0.231. The SMILES string of the molecule is CCNC(=NCc1cccc(F)c1)NCC1CCCOC1c1ccc(C)cc1.I. The summed E-state index contributed by atoms with van der Waals surface area (Å²) in [5, 5.41) is 6.72. The molecule has 2 atom stereocenters. The van der Waals surface area contributed by atoms with Gasteiger partial charge < -0.3 is 15.4 Å². The van der Waals surface area contributed by atoms with Crippen LogP contribution in [0.4, 0.5) is 4.39 Å². The highest BCUT2D eigenvalue weighted by Gasteiger charge is 2.27. The number of hydrogen-bond donors (Lipinski definition) is 2. The summed E-state index contributed by atoms with van der Waals surface area (Å²) in [6, 6.07) is 15.2. The van der Waals surface area contributed by atoms with E-state index in [0.717, 1.165) is 44.1 Å². The van der Waals surface area contributed by atoms with Gasteiger partial charge in [0, 0.05) is 25.6 Å². The predicted molar refractivity (Wildman–Crippen MR) is 127 cm³/mol. The van der Waals surface area contributed by atoms with Gasteiger partial charge in [-0.2, -0.15) is 0 Å². The molecule has 0 aromatic heterocycles. The van der Waals surface area contributed by atoms with Crippen LogP contribution in [0.25, 0.3) is 0 Å². The van der Waals surface area contributed by atoms with E-state index < -0.39 is 0 Å². The van der Waals surface area contributed by atoms with Crippen molar-refractivity contribution in [2.45, 2.75) is 39.3 Å². The standard InChI is InChI=1S/C23H30FN3O.HI/c1-3-25-23(26-15-18-6-4-8-21(24)14-18)27-16-20-7-5-13-28-22(20)19-11-9-17(2)10-12-19;/h4,6,8-12,14,20,22H,3,5,7,13,15-16H2,1-2H3,(H2,25,26,27);1H. The molecule has 1 heterocycles. The van der Waals surface area contributed by atoms with Gasteiger partial charge in [-0.1, -0.05) is 42.0 Å². The summed E-state index contributed by atoms with van der Waals surface area (Å²) in [7, 11) is 0. The molecule has 2 aromatic rings. The molecule has 4 nitrogen and oxygen atoms in total. The van der Waals surface area contributed by atoms with Gasteiger partial charge in [0.15, 0.2) is 5.96 Å². The highest BCUT2D eigenvalue weighted by atomic mass is 127. The molecule has 1 fully saturated rings. The van der Waals surface area contributed by atoms with E-state index in [1.165, 1.54) is 23.3 Å². The van der Waals surface area contributed by atoms with Crippen molar-refractivity contribution in [2.24, 2.45) is 10.9 Å². The number of ether oxygens (including phenoxy) is 1. The number of nitrogens with zero attached hydrogens (tertiary/aromatic N) is 1. The lowest BCUT2D eigenvalue weighted by Crippen LogP contribution is -2.42. The Kier molecular flexibility index (Phi) is 9.87. The summed E-state index contributed by atoms with van der Waals surface area (Å²) in [6.07, 6.45) is 2.30. The molecule has 2 aromatic carbocycles. The number of benzene rings is 2. The molecule has 2 unspecified atom stereocenters. The third kappa shape index (κ3) is 7.26. The minimum Gasteiger partial charge on any atom is -0.373 e. The van der Waals surface area contributed by atoms with Crippen molar-refractivity contribution in [1.82, 2.24) is 10.6 Å². The Hall–Kier alpha value is -1.67. The molecule has 0 amide bonds. The van der Waals surface area contributed by atoms with E-state index in [1.54, 1.807) is 6.07 Å². The molecule has 2 N–H and O–H groups in total. The lowest BCUT2D eigenvalue weighted by molar-refractivity contribution is -0.0265. The average Bonchev–Trinajstić information content (AvgIpc) is 2.71. The molecule has 1 aliphatic heterocycles. The van der Waals surface area contributed by atoms with Gasteiger partial charge in [0.25, 0.3) is 0 Å². The highest BCUT2D eigenvalue weighted by molar-refractivity contribution is 14.0. The van der Waals surface area contributed by atoms with Crippen LogP contribution in [0.5, 0.6) is 0 Å². The van der Waals surface area contributed by atoms with Crippen LogP contribution in [0.2, 0.25) is 0 Å². The minimum absolute atomic E-state index is 0. The largest absolute Gasteiger partial charge is 0.373 e. The summed E-state index contributed by atoms with van der Waals surface area (Å²) in [4.78, 5) is 4.61. The summed E-state index contributed by atoms with van der Waals surface area (Å²) in [5.74, 6) is 0.903. The van der Waals surface area contributed by atoms with E-state index in [1.807, 2.05) is 13.0 Å². The van der Waals surface area contributed by atoms with Gasteiger partial charge in [-0.3, -0.25) is 0 Å². The molecular formula is C23H31FIN3O. The van der Waals surface area contributed by atoms with Crippen LogP contribution in [0, 0.1) is 18.7 Å². The molecule has 1 saturated heterocycles. The van der Waals surface area contributed by atoms with E-state index in [0.29, 0.717) is 12.5 Å². The Balaban J connectivity index is 0.00000300. The summed E-state index contributed by atoms with van der Waals surface area (Å²) in [6.45, 7) is 6.95. The number of nitrogens with one attached hydrogen (secondary N) is 2. The third-order valence-corrected chi connectivity index (χ3v) is 5.04. The first-order valence-corrected chi connectivity index (χ1v) is 10.1. The molecule has 158 valence electrons. The molecule has 0 saturated carbocycles. The fraction of sp³-hybridized carbons (Fsp3) is 0.435. The van der Waals surface area contributed by atoms with Crippen LogP contribution in [-0.2, 0) is 11.3 Å². The molecule has 1 aliphatic rings. The Morgan fingerprint density at radius 1 is 1.17 bits per heavy atom. The normalized spacial score (nSPS) is 19.3. The van der Waals surface area contributed by atoms with Gasteiger partial charge >= 0.3 is 0 Å². The van der Waals surface area contributed by atoms with Crippen LogP contribution in [0.1, 0.15) is 42.6 Å². The van der Waals surface area contributed by atoms with Gasteiger partial charge in [0.2, 0.25) is 0 Å². The monoisotopic (exact) mass is 511 g/mol. The molecule has 0 spiro atoms. The number of guanidine groups is 1. The quantitative estimate of drug-likeness (QED) is 0.327. The molecule has 0 aliphatic carbocycles. The van der Waals surface area contributed by atoms with E-state index in [2.05, 4.69) is 46.8 Å². The van der Waals surface area contributed by atoms with Crippen LogP contribution in [0.15, 0.2) is 53.5 Å². The fourth-order valence-corrected chi connectivity index (χ4v) is 3.55. The van der Waals surface area contributed by atoms with Crippen molar-refractivity contribution >= 4 is 29.9 Å². The van der Waals surface area contributed by atoms with Gasteiger partial charge in [-0.25, -0.2) is 9.38 Å². The van der Waals surface area contributed by atoms with Gasteiger partial charge in [-0.15, -0.1) is 24.0 Å². The predicted octanol–water partition coefficient (Wildman–Crippen LogP) is 4.98. The number of halogens is 2. The first-order valence-electron chi connectivity index (χ1n) is 10.1. The van der Waals surface area contributed by atoms with E-state index >= 15 is 0 Å². The van der Waals surface area contributed by atoms with E-state index in [9.17, 15) is 4.39 Å². The third-order valence-electron chi connectivity index (χ3n) is 5.04. The first kappa shape index (κ1) is 23.6. The number of aliphatic imine (C=N–C) groups is 1. The average molecular weight is 511 g/mol. The Bertz CT molecular complexity index is 782. The summed E-state index contributed by atoms with van der Waals surface area (Å²) in [5.41, 5.74) is 3.35. The van der Waals surface area contributed by atoms with Crippen molar-refractivity contribution in [3.05, 3.63) is 71.0 Å². The zero-order valence-corrected chi connectivity index (χ0v) is 19.5. The molecule has 6 heteroatoms. The lowest BCUT2D eigenvalue weighted by atomic mass is 9.89. The second-order valence-electron chi connectivity index (χ2n) is 7.31. The first-order chi connectivity index (χ1) is 13.7. The number of aryl methyl sites for hydroxylation is 1. The smallest absolute Gasteiger partial charge is 0.191 e. The summed E-state index contributed by atoms with van der Waals surface area (Å²) >= 11 is 0. The van der Waals surface area contributed by atoms with Gasteiger partial charge in [0.05, 0.1) is 12.6 Å². The van der Waals surface area contributed by atoms with Crippen molar-refractivity contribution in [2.75, 3.05) is 19.7 Å². The second-order valence-corrected chi connectivity index (χ2v) is 7.31. The topological polar surface area (TPSA) is 45.7 Å². The summed E-state index contributed by atoms with van der Waals surface area (Å²) < 4.78 is 19.5. The van der Waals surface area contributed by atoms with Gasteiger partial charge in [-0.05, 0) is 49.9 Å². The molecule has 3 rings (SSSR count). The zero-order valence-electron chi connectivity index (χ0n) is 17.2. The molecular weight excluding hydrogens is 480 g/mol. The fourth-order valence-electron chi connectivity index (χ4n) is 3.55. The zero-order chi connectivity index (χ0) is 19.8. The van der Waals surface area contributed by atoms with Crippen LogP contribution in [-0.4, -0.2) is 25.7 Å². The van der Waals surface area contributed by atoms with Crippen LogP contribution >= 0.6 is 24.0 Å². The van der Waals surface area contributed by atoms with Crippen molar-refractivity contribution in [1.29, 1.82) is 0 Å². The van der Waals surface area contributed by atoms with Crippen molar-refractivity contribution < 1.29 is 9.13 Å². The Labute approximate surface area is 190 Å². The van der Waals surface area contributed by atoms with Crippen LogP contribution < -0.4 is 10.6 Å². The second kappa shape index (κ2) is 12.1. The number of hydrogen-bond acceptors (Lipinski definition) is 2. The maximum Gasteiger partial charge on any atom is 0.191 e. The lowest BCUT2D eigenvalue weighted by Gasteiger charge is -2.32.